The molecule has 1 heterocycles. The number of rotatable bonds is 6. The number of aromatic nitrogens is 3. The monoisotopic (exact) mass is 225 g/mol. The van der Waals surface area contributed by atoms with Crippen molar-refractivity contribution < 1.29 is 4.79 Å². The molecule has 6 nitrogen and oxygen atoms in total. The average Bonchev–Trinajstić information content (AvgIpc) is 2.66. The first kappa shape index (κ1) is 12.6. The van der Waals surface area contributed by atoms with Gasteiger partial charge in [0.2, 0.25) is 5.91 Å². The molecule has 0 radical (unpaired) electrons. The molecule has 90 valence electrons. The van der Waals surface area contributed by atoms with Crippen molar-refractivity contribution in [2.45, 2.75) is 33.4 Å². The van der Waals surface area contributed by atoms with Crippen molar-refractivity contribution in [3.63, 3.8) is 0 Å². The number of carbonyl (C=O) groups excluding carboxylic acids is 1. The highest BCUT2D eigenvalue weighted by molar-refractivity contribution is 5.77. The van der Waals surface area contributed by atoms with Gasteiger partial charge >= 0.3 is 0 Å². The van der Waals surface area contributed by atoms with Crippen LogP contribution in [-0.2, 0) is 11.3 Å². The van der Waals surface area contributed by atoms with E-state index in [-0.39, 0.29) is 11.9 Å². The molecule has 2 N–H and O–H groups in total. The molecule has 0 aliphatic rings. The molecule has 1 aromatic rings. The van der Waals surface area contributed by atoms with Crippen LogP contribution in [0.1, 0.15) is 32.6 Å². The lowest BCUT2D eigenvalue weighted by molar-refractivity contribution is -0.120. The second-order valence-electron chi connectivity index (χ2n) is 3.77. The fourth-order valence-electron chi connectivity index (χ4n) is 1.38. The van der Waals surface area contributed by atoms with Gasteiger partial charge in [-0.1, -0.05) is 0 Å². The van der Waals surface area contributed by atoms with Crippen LogP contribution in [0.5, 0.6) is 0 Å². The molecule has 1 rings (SSSR count). The molecule has 0 atom stereocenters. The quantitative estimate of drug-likeness (QED) is 0.719. The Bertz CT molecular complexity index is 334. The topological polar surface area (TPSA) is 71.8 Å². The molecular weight excluding hydrogens is 206 g/mol. The Balaban J connectivity index is 2.37. The maximum absolute atomic E-state index is 11.2. The van der Waals surface area contributed by atoms with Crippen molar-refractivity contribution in [3.05, 3.63) is 12.2 Å². The van der Waals surface area contributed by atoms with E-state index >= 15 is 0 Å². The summed E-state index contributed by atoms with van der Waals surface area (Å²) in [7, 11) is 0. The number of carbonyl (C=O) groups is 1. The molecule has 0 aromatic carbocycles. The first-order chi connectivity index (χ1) is 7.65. The number of nitrogens with one attached hydrogen (secondary N) is 2. The van der Waals surface area contributed by atoms with E-state index in [9.17, 15) is 4.79 Å². The van der Waals surface area contributed by atoms with Gasteiger partial charge in [-0.2, -0.15) is 5.10 Å². The highest BCUT2D eigenvalue weighted by atomic mass is 16.1. The number of amides is 1. The molecule has 0 saturated heterocycles. The first-order valence-corrected chi connectivity index (χ1v) is 5.51. The molecule has 16 heavy (non-hydrogen) atoms. The van der Waals surface area contributed by atoms with Crippen molar-refractivity contribution in [3.8, 4) is 0 Å². The Kier molecular flexibility index (Phi) is 4.91. The molecular formula is C10H19N5O. The average molecular weight is 225 g/mol. The maximum atomic E-state index is 11.2. The van der Waals surface area contributed by atoms with Gasteiger partial charge in [-0.15, -0.1) is 0 Å². The molecule has 0 saturated carbocycles. The molecule has 0 aliphatic heterocycles. The Morgan fingerprint density at radius 3 is 2.94 bits per heavy atom. The van der Waals surface area contributed by atoms with E-state index in [2.05, 4.69) is 20.7 Å². The van der Waals surface area contributed by atoms with E-state index in [0.717, 1.165) is 5.82 Å². The van der Waals surface area contributed by atoms with Gasteiger partial charge in [-0.05, 0) is 20.8 Å². The predicted molar refractivity (Wildman–Crippen MR) is 60.8 cm³/mol. The largest absolute Gasteiger partial charge is 0.355 e. The van der Waals surface area contributed by atoms with Gasteiger partial charge in [0.25, 0.3) is 0 Å². The minimum absolute atomic E-state index is 0.00175. The van der Waals surface area contributed by atoms with Gasteiger partial charge < -0.3 is 10.6 Å². The number of likely N-dealkylation sites (N-methyl/N-ethyl adjacent to an activating group) is 1. The van der Waals surface area contributed by atoms with Crippen molar-refractivity contribution in [2.24, 2.45) is 0 Å². The van der Waals surface area contributed by atoms with Gasteiger partial charge in [0.15, 0.2) is 0 Å². The molecule has 0 spiro atoms. The van der Waals surface area contributed by atoms with Crippen LogP contribution in [-0.4, -0.2) is 33.8 Å². The summed E-state index contributed by atoms with van der Waals surface area (Å²) in [5, 5.41) is 9.87. The molecule has 0 aliphatic carbocycles. The number of hydrogen-bond acceptors (Lipinski definition) is 4. The van der Waals surface area contributed by atoms with Crippen LogP contribution in [0, 0.1) is 0 Å². The summed E-state index contributed by atoms with van der Waals surface area (Å²) in [5.41, 5.74) is 0. The minimum atomic E-state index is -0.00175. The fourth-order valence-corrected chi connectivity index (χ4v) is 1.38. The summed E-state index contributed by atoms with van der Waals surface area (Å²) in [5.74, 6) is 0.845. The van der Waals surface area contributed by atoms with Crippen LogP contribution in [0.15, 0.2) is 6.33 Å². The Morgan fingerprint density at radius 2 is 2.31 bits per heavy atom. The molecule has 0 unspecified atom stereocenters. The second kappa shape index (κ2) is 6.22. The predicted octanol–water partition coefficient (Wildman–Crippen LogP) is 0.0847. The Morgan fingerprint density at radius 1 is 1.56 bits per heavy atom. The molecule has 1 aromatic heterocycles. The fraction of sp³-hybridized carbons (Fsp3) is 0.700. The smallest absolute Gasteiger partial charge is 0.233 e. The SMILES string of the molecule is CCNC(=O)CNCc1ncnn1C(C)C. The third-order valence-electron chi connectivity index (χ3n) is 2.08. The van der Waals surface area contributed by atoms with Crippen molar-refractivity contribution in [1.29, 1.82) is 0 Å². The van der Waals surface area contributed by atoms with Crippen LogP contribution in [0.2, 0.25) is 0 Å². The van der Waals surface area contributed by atoms with Crippen molar-refractivity contribution in [1.82, 2.24) is 25.4 Å². The molecule has 0 bridgehead atoms. The highest BCUT2D eigenvalue weighted by Gasteiger charge is 2.07. The van der Waals surface area contributed by atoms with E-state index < -0.39 is 0 Å². The van der Waals surface area contributed by atoms with Crippen LogP contribution in [0.4, 0.5) is 0 Å². The molecule has 6 heteroatoms. The standard InChI is InChI=1S/C10H19N5O/c1-4-12-10(16)6-11-5-9-13-7-14-15(9)8(2)3/h7-8,11H,4-6H2,1-3H3,(H,12,16). The van der Waals surface area contributed by atoms with Crippen LogP contribution in [0.3, 0.4) is 0 Å². The maximum Gasteiger partial charge on any atom is 0.233 e. The zero-order valence-electron chi connectivity index (χ0n) is 10.0. The van der Waals surface area contributed by atoms with Crippen LogP contribution >= 0.6 is 0 Å². The lowest BCUT2D eigenvalue weighted by atomic mass is 10.4. The number of nitrogens with zero attached hydrogens (tertiary/aromatic N) is 3. The van der Waals surface area contributed by atoms with Gasteiger partial charge in [0.05, 0.1) is 13.1 Å². The zero-order chi connectivity index (χ0) is 12.0. The number of hydrogen-bond donors (Lipinski definition) is 2. The van der Waals surface area contributed by atoms with Crippen LogP contribution < -0.4 is 10.6 Å². The summed E-state index contributed by atoms with van der Waals surface area (Å²) in [6, 6.07) is 0.281. The van der Waals surface area contributed by atoms with Crippen molar-refractivity contribution >= 4 is 5.91 Å². The highest BCUT2D eigenvalue weighted by Crippen LogP contribution is 2.04. The summed E-state index contributed by atoms with van der Waals surface area (Å²) in [6.45, 7) is 7.49. The van der Waals surface area contributed by atoms with E-state index in [1.165, 1.54) is 6.33 Å². The Hall–Kier alpha value is -1.43. The van der Waals surface area contributed by atoms with Gasteiger partial charge in [0, 0.05) is 12.6 Å². The second-order valence-corrected chi connectivity index (χ2v) is 3.77. The third-order valence-corrected chi connectivity index (χ3v) is 2.08. The van der Waals surface area contributed by atoms with E-state index in [4.69, 9.17) is 0 Å². The van der Waals surface area contributed by atoms with Gasteiger partial charge in [-0.3, -0.25) is 4.79 Å². The normalized spacial score (nSPS) is 10.8. The summed E-state index contributed by atoms with van der Waals surface area (Å²) < 4.78 is 1.84. The van der Waals surface area contributed by atoms with Crippen molar-refractivity contribution in [2.75, 3.05) is 13.1 Å². The lowest BCUT2D eigenvalue weighted by Crippen LogP contribution is -2.33. The van der Waals surface area contributed by atoms with Gasteiger partial charge in [0.1, 0.15) is 12.2 Å². The molecule has 1 amide bonds. The summed E-state index contributed by atoms with van der Waals surface area (Å²) in [4.78, 5) is 15.3. The van der Waals surface area contributed by atoms with Gasteiger partial charge in [-0.25, -0.2) is 9.67 Å². The third kappa shape index (κ3) is 3.62. The van der Waals surface area contributed by atoms with E-state index in [1.54, 1.807) is 0 Å². The minimum Gasteiger partial charge on any atom is -0.355 e. The lowest BCUT2D eigenvalue weighted by Gasteiger charge is -2.09. The summed E-state index contributed by atoms with van der Waals surface area (Å²) >= 11 is 0. The summed E-state index contributed by atoms with van der Waals surface area (Å²) in [6.07, 6.45) is 1.53. The zero-order valence-corrected chi connectivity index (χ0v) is 10.0. The van der Waals surface area contributed by atoms with E-state index in [0.29, 0.717) is 19.6 Å². The van der Waals surface area contributed by atoms with Crippen LogP contribution in [0.25, 0.3) is 0 Å². The molecule has 0 fully saturated rings. The first-order valence-electron chi connectivity index (χ1n) is 5.51. The Labute approximate surface area is 95.4 Å². The van der Waals surface area contributed by atoms with E-state index in [1.807, 2.05) is 25.5 Å².